The maximum Gasteiger partial charge on any atom is 0.335 e. The van der Waals surface area contributed by atoms with Gasteiger partial charge in [0.2, 0.25) is 0 Å². The van der Waals surface area contributed by atoms with E-state index in [1.807, 2.05) is 13.0 Å². The fraction of sp³-hybridized carbons (Fsp3) is 0.273. The van der Waals surface area contributed by atoms with E-state index >= 15 is 0 Å². The molecule has 4 rings (SSSR count). The first-order chi connectivity index (χ1) is 14.7. The molecular formula is C22H20Cl2N2O5. The van der Waals surface area contributed by atoms with Gasteiger partial charge in [0.1, 0.15) is 17.0 Å². The monoisotopic (exact) mass is 462 g/mol. The minimum absolute atomic E-state index is 0.0723. The highest BCUT2D eigenvalue weighted by Crippen LogP contribution is 2.37. The quantitative estimate of drug-likeness (QED) is 0.594. The van der Waals surface area contributed by atoms with Crippen LogP contribution in [0.5, 0.6) is 5.75 Å². The topological polar surface area (TPSA) is 89.8 Å². The fourth-order valence-electron chi connectivity index (χ4n) is 3.86. The third-order valence-electron chi connectivity index (χ3n) is 5.72. The third kappa shape index (κ3) is 3.43. The van der Waals surface area contributed by atoms with Crippen LogP contribution in [0.4, 0.5) is 0 Å². The zero-order valence-electron chi connectivity index (χ0n) is 17.1. The van der Waals surface area contributed by atoms with E-state index in [-0.39, 0.29) is 29.7 Å². The molecule has 1 aliphatic heterocycles. The van der Waals surface area contributed by atoms with Crippen LogP contribution in [0.15, 0.2) is 30.3 Å². The number of carboxylic acid groups (broad SMARTS) is 1. The summed E-state index contributed by atoms with van der Waals surface area (Å²) in [7, 11) is 3.35. The molecule has 2 N–H and O–H groups in total. The zero-order valence-corrected chi connectivity index (χ0v) is 18.6. The summed E-state index contributed by atoms with van der Waals surface area (Å²) in [5, 5.41) is 13.7. The van der Waals surface area contributed by atoms with Crippen LogP contribution in [0.3, 0.4) is 0 Å². The number of amides is 1. The summed E-state index contributed by atoms with van der Waals surface area (Å²) in [6.45, 7) is 2.31. The van der Waals surface area contributed by atoms with Crippen molar-refractivity contribution in [2.45, 2.75) is 12.5 Å². The molecule has 31 heavy (non-hydrogen) atoms. The van der Waals surface area contributed by atoms with Crippen molar-refractivity contribution in [3.8, 4) is 5.75 Å². The van der Waals surface area contributed by atoms with Gasteiger partial charge in [-0.3, -0.25) is 4.79 Å². The molecule has 0 bridgehead atoms. The lowest BCUT2D eigenvalue weighted by Crippen LogP contribution is -2.59. The Morgan fingerprint density at radius 3 is 2.48 bits per heavy atom. The minimum atomic E-state index is -1.07. The number of carboxylic acids is 1. The molecule has 0 atom stereocenters. The van der Waals surface area contributed by atoms with Gasteiger partial charge in [-0.2, -0.15) is 0 Å². The molecule has 0 spiro atoms. The second-order valence-corrected chi connectivity index (χ2v) is 8.35. The number of carbonyl (C=O) groups excluding carboxylic acids is 1. The van der Waals surface area contributed by atoms with E-state index in [1.165, 1.54) is 12.1 Å². The predicted molar refractivity (Wildman–Crippen MR) is 118 cm³/mol. The van der Waals surface area contributed by atoms with Crippen molar-refractivity contribution in [2.75, 3.05) is 20.3 Å². The second-order valence-electron chi connectivity index (χ2n) is 7.57. The van der Waals surface area contributed by atoms with Crippen LogP contribution >= 0.6 is 23.2 Å². The fourth-order valence-corrected chi connectivity index (χ4v) is 4.47. The van der Waals surface area contributed by atoms with Gasteiger partial charge in [-0.05, 0) is 25.1 Å². The van der Waals surface area contributed by atoms with Gasteiger partial charge in [0, 0.05) is 34.6 Å². The lowest BCUT2D eigenvalue weighted by Gasteiger charge is -2.43. The van der Waals surface area contributed by atoms with E-state index in [9.17, 15) is 14.7 Å². The van der Waals surface area contributed by atoms with Crippen LogP contribution in [-0.4, -0.2) is 41.9 Å². The summed E-state index contributed by atoms with van der Waals surface area (Å²) >= 11 is 12.9. The lowest BCUT2D eigenvalue weighted by atomic mass is 9.87. The molecule has 2 aromatic carbocycles. The van der Waals surface area contributed by atoms with Gasteiger partial charge in [-0.1, -0.05) is 29.3 Å². The van der Waals surface area contributed by atoms with Crippen LogP contribution in [-0.2, 0) is 17.3 Å². The Kier molecular flexibility index (Phi) is 5.37. The van der Waals surface area contributed by atoms with Crippen molar-refractivity contribution in [2.24, 2.45) is 7.05 Å². The van der Waals surface area contributed by atoms with Crippen molar-refractivity contribution in [3.05, 3.63) is 62.8 Å². The molecule has 9 heteroatoms. The van der Waals surface area contributed by atoms with Crippen molar-refractivity contribution < 1.29 is 24.2 Å². The van der Waals surface area contributed by atoms with Crippen molar-refractivity contribution in [3.63, 3.8) is 0 Å². The van der Waals surface area contributed by atoms with E-state index < -0.39 is 11.5 Å². The number of nitrogens with zero attached hydrogens (tertiary/aromatic N) is 1. The smallest absolute Gasteiger partial charge is 0.335 e. The highest BCUT2D eigenvalue weighted by Gasteiger charge is 2.44. The van der Waals surface area contributed by atoms with Gasteiger partial charge in [-0.15, -0.1) is 0 Å². The first-order valence-electron chi connectivity index (χ1n) is 9.44. The van der Waals surface area contributed by atoms with Gasteiger partial charge < -0.3 is 24.5 Å². The molecule has 1 amide bonds. The summed E-state index contributed by atoms with van der Waals surface area (Å²) in [6, 6.07) is 8.03. The summed E-state index contributed by atoms with van der Waals surface area (Å²) in [5.41, 5.74) is 1.80. The summed E-state index contributed by atoms with van der Waals surface area (Å²) in [5.74, 6) is -0.762. The Bertz CT molecular complexity index is 1230. The molecular weight excluding hydrogens is 443 g/mol. The van der Waals surface area contributed by atoms with Crippen LogP contribution in [0.2, 0.25) is 10.0 Å². The van der Waals surface area contributed by atoms with Gasteiger partial charge >= 0.3 is 5.97 Å². The van der Waals surface area contributed by atoms with Crippen LogP contribution in [0.1, 0.15) is 32.0 Å². The van der Waals surface area contributed by atoms with E-state index in [0.717, 1.165) is 16.5 Å². The number of rotatable bonds is 5. The van der Waals surface area contributed by atoms with E-state index in [4.69, 9.17) is 32.7 Å². The number of carbonyl (C=O) groups is 2. The van der Waals surface area contributed by atoms with Crippen molar-refractivity contribution in [1.29, 1.82) is 0 Å². The summed E-state index contributed by atoms with van der Waals surface area (Å²) < 4.78 is 12.5. The number of fused-ring (bicyclic) bond motifs is 1. The molecule has 1 aliphatic rings. The Balaban J connectivity index is 1.72. The number of ether oxygens (including phenoxy) is 2. The molecule has 1 aromatic heterocycles. The first-order valence-corrected chi connectivity index (χ1v) is 10.2. The molecule has 0 unspecified atom stereocenters. The number of aromatic carboxylic acids is 1. The Labute approximate surface area is 188 Å². The lowest BCUT2D eigenvalue weighted by molar-refractivity contribution is -0.0734. The number of methoxy groups -OCH3 is 1. The van der Waals surface area contributed by atoms with Gasteiger partial charge in [-0.25, -0.2) is 4.79 Å². The Morgan fingerprint density at radius 1 is 1.23 bits per heavy atom. The number of benzene rings is 2. The number of aryl methyl sites for hydroxylation is 1. The van der Waals surface area contributed by atoms with Crippen LogP contribution in [0, 0.1) is 6.92 Å². The van der Waals surface area contributed by atoms with Gasteiger partial charge in [0.05, 0.1) is 36.4 Å². The standard InChI is InChI=1S/C22H20Cl2N2O5/c1-11-18(30-3)8-16-13(19(11)24)7-17(26(16)2)20(27)25-22(9-31-10-22)14-5-4-12(21(28)29)6-15(14)23/h4-8H,9-10H2,1-3H3,(H,25,27)(H,28,29). The van der Waals surface area contributed by atoms with E-state index in [0.29, 0.717) is 22.0 Å². The summed E-state index contributed by atoms with van der Waals surface area (Å²) in [4.78, 5) is 24.5. The molecule has 2 heterocycles. The number of hydrogen-bond acceptors (Lipinski definition) is 4. The van der Waals surface area contributed by atoms with Gasteiger partial charge in [0.25, 0.3) is 5.91 Å². The molecule has 7 nitrogen and oxygen atoms in total. The normalized spacial score (nSPS) is 14.9. The molecule has 162 valence electrons. The van der Waals surface area contributed by atoms with Gasteiger partial charge in [0.15, 0.2) is 0 Å². The number of hydrogen-bond donors (Lipinski definition) is 2. The Morgan fingerprint density at radius 2 is 1.94 bits per heavy atom. The molecule has 0 aliphatic carbocycles. The molecule has 0 saturated carbocycles. The van der Waals surface area contributed by atoms with Crippen LogP contribution < -0.4 is 10.1 Å². The van der Waals surface area contributed by atoms with E-state index in [2.05, 4.69) is 5.32 Å². The van der Waals surface area contributed by atoms with Crippen LogP contribution in [0.25, 0.3) is 10.9 Å². The maximum atomic E-state index is 13.3. The van der Waals surface area contributed by atoms with Crippen molar-refractivity contribution >= 4 is 46.0 Å². The predicted octanol–water partition coefficient (Wildman–Crippen LogP) is 4.16. The zero-order chi connectivity index (χ0) is 22.5. The molecule has 0 radical (unpaired) electrons. The molecule has 1 saturated heterocycles. The maximum absolute atomic E-state index is 13.3. The van der Waals surface area contributed by atoms with E-state index in [1.54, 1.807) is 30.9 Å². The number of aromatic nitrogens is 1. The second kappa shape index (κ2) is 7.75. The highest BCUT2D eigenvalue weighted by atomic mass is 35.5. The average molecular weight is 463 g/mol. The number of nitrogens with one attached hydrogen (secondary N) is 1. The number of halogens is 2. The Hall–Kier alpha value is -2.74. The molecule has 3 aromatic rings. The van der Waals surface area contributed by atoms with Crippen molar-refractivity contribution in [1.82, 2.24) is 9.88 Å². The third-order valence-corrected chi connectivity index (χ3v) is 6.52. The minimum Gasteiger partial charge on any atom is -0.496 e. The highest BCUT2D eigenvalue weighted by molar-refractivity contribution is 6.36. The molecule has 1 fully saturated rings. The average Bonchev–Trinajstić information content (AvgIpc) is 3.04. The first kappa shape index (κ1) is 21.5. The summed E-state index contributed by atoms with van der Waals surface area (Å²) in [6.07, 6.45) is 0. The SMILES string of the molecule is COc1cc2c(cc(C(=O)NC3(c4ccc(C(=O)O)cc4Cl)COC3)n2C)c(Cl)c1C. The largest absolute Gasteiger partial charge is 0.496 e.